The molecule has 5 saturated carbocycles. The highest BCUT2D eigenvalue weighted by molar-refractivity contribution is 7.18. The molecule has 6 fully saturated rings. The number of amides is 2. The summed E-state index contributed by atoms with van der Waals surface area (Å²) in [5.74, 6) is -1.40. The summed E-state index contributed by atoms with van der Waals surface area (Å²) < 4.78 is 22.3. The zero-order chi connectivity index (χ0) is 54.7. The number of likely N-dealkylation sites (tertiary alicyclic amines) is 1. The van der Waals surface area contributed by atoms with E-state index in [1.807, 2.05) is 41.3 Å². The first-order valence-corrected chi connectivity index (χ1v) is 29.4. The van der Waals surface area contributed by atoms with Crippen LogP contribution < -0.4 is 10.2 Å². The quantitative estimate of drug-likeness (QED) is 0.0770. The van der Waals surface area contributed by atoms with E-state index < -0.39 is 53.9 Å². The predicted octanol–water partition coefficient (Wildman–Crippen LogP) is 9.49. The largest absolute Gasteiger partial charge is 0.462 e. The number of fused-ring (bicyclic) bond motifs is 5. The van der Waals surface area contributed by atoms with Gasteiger partial charge in [-0.3, -0.25) is 24.0 Å². The summed E-state index contributed by atoms with van der Waals surface area (Å²) >= 11 is 1.26. The fraction of sp³-hybridized carbons (Fsp3) is 0.733. The molecule has 1 aliphatic heterocycles. The van der Waals surface area contributed by atoms with Crippen LogP contribution in [0.4, 0.5) is 5.69 Å². The number of nitrogens with one attached hydrogen (secondary N) is 1. The minimum atomic E-state index is -0.708. The van der Waals surface area contributed by atoms with Gasteiger partial charge in [-0.2, -0.15) is 0 Å². The van der Waals surface area contributed by atoms with E-state index in [1.54, 1.807) is 20.8 Å². The number of nitrogens with zero attached hydrogens (tertiary/aromatic N) is 2. The average molecular weight is 1070 g/mol. The van der Waals surface area contributed by atoms with Gasteiger partial charge < -0.3 is 44.3 Å². The molecule has 0 bridgehead atoms. The van der Waals surface area contributed by atoms with Crippen LogP contribution in [0.2, 0.25) is 0 Å². The molecule has 6 unspecified atom stereocenters. The van der Waals surface area contributed by atoms with Crippen LogP contribution in [0, 0.1) is 58.2 Å². The number of rotatable bonds is 17. The molecule has 6 aliphatic rings. The average Bonchev–Trinajstić information content (AvgIpc) is 4.06. The molecule has 1 aromatic heterocycles. The van der Waals surface area contributed by atoms with Crippen LogP contribution in [-0.2, 0) is 42.9 Å². The van der Waals surface area contributed by atoms with Gasteiger partial charge in [0.05, 0.1) is 30.7 Å². The van der Waals surface area contributed by atoms with Gasteiger partial charge >= 0.3 is 23.9 Å². The van der Waals surface area contributed by atoms with Crippen LogP contribution in [0.1, 0.15) is 167 Å². The van der Waals surface area contributed by atoms with Gasteiger partial charge in [0.2, 0.25) is 18.6 Å². The van der Waals surface area contributed by atoms with Crippen molar-refractivity contribution in [2.45, 2.75) is 188 Å². The predicted molar refractivity (Wildman–Crippen MR) is 290 cm³/mol. The van der Waals surface area contributed by atoms with Crippen LogP contribution in [0.15, 0.2) is 36.4 Å². The summed E-state index contributed by atoms with van der Waals surface area (Å²) in [7, 11) is 2.08. The van der Waals surface area contributed by atoms with Crippen molar-refractivity contribution in [2.24, 2.45) is 58.2 Å². The van der Waals surface area contributed by atoms with Crippen molar-refractivity contribution in [3.05, 3.63) is 41.3 Å². The summed E-state index contributed by atoms with van der Waals surface area (Å²) in [4.78, 5) is 85.1. The number of aliphatic hydroxyl groups excluding tert-OH is 2. The van der Waals surface area contributed by atoms with Crippen molar-refractivity contribution in [3.63, 3.8) is 0 Å². The smallest absolute Gasteiger partial charge is 0.353 e. The van der Waals surface area contributed by atoms with Crippen LogP contribution in [0.5, 0.6) is 0 Å². The fourth-order valence-electron chi connectivity index (χ4n) is 15.1. The van der Waals surface area contributed by atoms with Crippen LogP contribution in [0.25, 0.3) is 10.4 Å². The lowest BCUT2D eigenvalue weighted by Gasteiger charge is -2.63. The minimum absolute atomic E-state index is 0.0331. The molecule has 5 aliphatic carbocycles. The Bertz CT molecular complexity index is 2370. The Kier molecular flexibility index (Phi) is 18.5. The molecule has 11 atom stereocenters. The maximum Gasteiger partial charge on any atom is 0.353 e. The molecule has 3 N–H and O–H groups in total. The van der Waals surface area contributed by atoms with Crippen LogP contribution in [0.3, 0.4) is 0 Å². The molecule has 0 radical (unpaired) electrons. The van der Waals surface area contributed by atoms with Gasteiger partial charge in [0, 0.05) is 23.3 Å². The Morgan fingerprint density at radius 3 is 2.24 bits per heavy atom. The molecule has 0 spiro atoms. The monoisotopic (exact) mass is 1070 g/mol. The number of thiophene rings is 1. The van der Waals surface area contributed by atoms with Gasteiger partial charge in [-0.1, -0.05) is 58.0 Å². The van der Waals surface area contributed by atoms with Gasteiger partial charge in [-0.05, 0) is 195 Å². The number of benzene rings is 1. The topological polar surface area (TPSA) is 198 Å². The van der Waals surface area contributed by atoms with E-state index in [4.69, 9.17) is 18.9 Å². The number of carbonyl (C=O) groups excluding carboxylic acids is 6. The van der Waals surface area contributed by atoms with Gasteiger partial charge in [0.1, 0.15) is 23.1 Å². The first kappa shape index (κ1) is 57.8. The molecule has 420 valence electrons. The number of aliphatic hydroxyl groups is 2. The number of carbonyl (C=O) groups is 6. The zero-order valence-electron chi connectivity index (χ0n) is 46.5. The normalized spacial score (nSPS) is 32.1. The van der Waals surface area contributed by atoms with Crippen molar-refractivity contribution < 1.29 is 57.9 Å². The molecule has 15 nitrogen and oxygen atoms in total. The SMILES string of the molecule is CC1CCC(C(=O)N(c2cc(-c3ccccc3)sc2C(=O)OCOC(=O)CCC(=O)O[C@H]2CC[C@@]3(C)C(C2)C[C@@H](O)C2C3C[C@H](O)[C@]3(C)C(C(C)CCC(=O)NCC(=O)OC(C)(C)C)CCC23)C2CCN(C)CC2)CC1. The van der Waals surface area contributed by atoms with Crippen LogP contribution >= 0.6 is 11.3 Å². The Morgan fingerprint density at radius 1 is 0.842 bits per heavy atom. The zero-order valence-corrected chi connectivity index (χ0v) is 47.3. The lowest BCUT2D eigenvalue weighted by molar-refractivity contribution is -0.209. The van der Waals surface area contributed by atoms with Crippen molar-refractivity contribution in [3.8, 4) is 10.4 Å². The standard InChI is InChI=1S/C60H87N3O12S/c1-36-14-17-39(18-15-36)56(70)63(41-25-28-62(8)29-26-41)46-33-48(38-12-10-9-11-13-38)76-55(46)57(71)73-35-72-51(67)22-23-52(68)74-42-24-27-59(6)40(30-42)31-47(64)54-44-20-19-43(60(44,7)49(65)32-45(54)59)37(2)16-21-50(66)61-34-53(69)75-58(3,4)5/h9-13,33,36-37,39-45,47,49,54,64-65H,14-32,34-35H2,1-8H3,(H,61,66)/t36?,37?,39?,40?,42-,43?,44?,45?,47+,49-,54?,59-,60+/m0/s1. The number of ether oxygens (including phenoxy) is 4. The van der Waals surface area contributed by atoms with Gasteiger partial charge in [0.15, 0.2) is 0 Å². The molecule has 2 heterocycles. The van der Waals surface area contributed by atoms with Crippen molar-refractivity contribution in [1.29, 1.82) is 0 Å². The third kappa shape index (κ3) is 13.0. The second-order valence-corrected chi connectivity index (χ2v) is 26.4. The molecule has 76 heavy (non-hydrogen) atoms. The van der Waals surface area contributed by atoms with Crippen molar-refractivity contribution >= 4 is 52.7 Å². The van der Waals surface area contributed by atoms with E-state index in [9.17, 15) is 39.0 Å². The Morgan fingerprint density at radius 2 is 1.54 bits per heavy atom. The number of hydrogen-bond donors (Lipinski definition) is 3. The molecular weight excluding hydrogens is 987 g/mol. The van der Waals surface area contributed by atoms with Crippen LogP contribution in [-0.4, -0.2) is 114 Å². The fourth-order valence-corrected chi connectivity index (χ4v) is 16.1. The van der Waals surface area contributed by atoms with Gasteiger partial charge in [-0.25, -0.2) is 4.79 Å². The van der Waals surface area contributed by atoms with E-state index in [1.165, 1.54) is 11.3 Å². The molecule has 16 heteroatoms. The Labute approximate surface area is 454 Å². The Balaban J connectivity index is 0.820. The highest BCUT2D eigenvalue weighted by atomic mass is 32.1. The van der Waals surface area contributed by atoms with Crippen molar-refractivity contribution in [2.75, 3.05) is 38.4 Å². The number of hydrogen-bond acceptors (Lipinski definition) is 14. The second-order valence-electron chi connectivity index (χ2n) is 25.3. The minimum Gasteiger partial charge on any atom is -0.462 e. The maximum atomic E-state index is 14.6. The molecule has 1 saturated heterocycles. The summed E-state index contributed by atoms with van der Waals surface area (Å²) in [6.07, 6.45) is 9.13. The third-order valence-corrected chi connectivity index (χ3v) is 20.4. The van der Waals surface area contributed by atoms with Crippen molar-refractivity contribution in [1.82, 2.24) is 10.2 Å². The van der Waals surface area contributed by atoms with E-state index in [-0.39, 0.29) is 101 Å². The highest BCUT2D eigenvalue weighted by Gasteiger charge is 2.66. The summed E-state index contributed by atoms with van der Waals surface area (Å²) in [6.45, 7) is 15.1. The molecular formula is C60H87N3O12S. The molecule has 2 amide bonds. The lowest BCUT2D eigenvalue weighted by atomic mass is 9.43. The lowest BCUT2D eigenvalue weighted by Crippen LogP contribution is -2.62. The van der Waals surface area contributed by atoms with Gasteiger partial charge in [-0.15, -0.1) is 11.3 Å². The maximum absolute atomic E-state index is 14.6. The number of anilines is 1. The van der Waals surface area contributed by atoms with E-state index >= 15 is 0 Å². The first-order valence-electron chi connectivity index (χ1n) is 28.6. The Hall–Kier alpha value is -4.38. The van der Waals surface area contributed by atoms with E-state index in [0.717, 1.165) is 81.3 Å². The molecule has 8 rings (SSSR count). The molecule has 2 aromatic rings. The highest BCUT2D eigenvalue weighted by Crippen LogP contribution is 2.68. The third-order valence-electron chi connectivity index (χ3n) is 19.3. The second kappa shape index (κ2) is 24.3. The molecule has 1 aromatic carbocycles. The summed E-state index contributed by atoms with van der Waals surface area (Å²) in [5.41, 5.74) is 0.259. The van der Waals surface area contributed by atoms with E-state index in [2.05, 4.69) is 45.0 Å². The number of esters is 4. The number of piperidine rings is 1. The summed E-state index contributed by atoms with van der Waals surface area (Å²) in [6, 6.07) is 11.6. The van der Waals surface area contributed by atoms with E-state index in [0.29, 0.717) is 43.7 Å². The van der Waals surface area contributed by atoms with Gasteiger partial charge in [0.25, 0.3) is 0 Å². The first-order chi connectivity index (χ1) is 36.0. The summed E-state index contributed by atoms with van der Waals surface area (Å²) in [5, 5.41) is 26.9.